The number of rotatable bonds is 7. The maximum absolute atomic E-state index is 13.0. The number of aromatic nitrogens is 2. The Kier molecular flexibility index (Phi) is 5.96. The van der Waals surface area contributed by atoms with Gasteiger partial charge in [0.2, 0.25) is 0 Å². The van der Waals surface area contributed by atoms with Crippen molar-refractivity contribution in [1.82, 2.24) is 14.3 Å². The summed E-state index contributed by atoms with van der Waals surface area (Å²) in [5.74, 6) is 1.51. The standard InChI is InChI=1S/C19H20F3N3OS/c1-3-25-17-11-13(19(20,21)22)5-10-16(17)24-18(25)12-23-27-15-8-6-14(7-9-15)26-4-2/h5-11,23H,3-4,12H2,1-2H3. The average Bonchev–Trinajstić information content (AvgIpc) is 2.99. The van der Waals surface area contributed by atoms with Crippen LogP contribution in [0.2, 0.25) is 0 Å². The third kappa shape index (κ3) is 4.56. The van der Waals surface area contributed by atoms with Crippen LogP contribution in [0.5, 0.6) is 5.75 Å². The lowest BCUT2D eigenvalue weighted by molar-refractivity contribution is -0.137. The normalized spacial score (nSPS) is 11.9. The molecular weight excluding hydrogens is 375 g/mol. The Morgan fingerprint density at radius 2 is 1.85 bits per heavy atom. The number of hydrogen-bond acceptors (Lipinski definition) is 4. The van der Waals surface area contributed by atoms with Crippen LogP contribution >= 0.6 is 11.9 Å². The molecule has 3 aromatic rings. The summed E-state index contributed by atoms with van der Waals surface area (Å²) in [6.45, 7) is 5.42. The van der Waals surface area contributed by atoms with Crippen LogP contribution < -0.4 is 9.46 Å². The summed E-state index contributed by atoms with van der Waals surface area (Å²) in [6, 6.07) is 11.3. The molecule has 0 radical (unpaired) electrons. The van der Waals surface area contributed by atoms with Crippen LogP contribution in [0.3, 0.4) is 0 Å². The first-order valence-electron chi connectivity index (χ1n) is 8.61. The number of alkyl halides is 3. The molecule has 1 aromatic heterocycles. The van der Waals surface area contributed by atoms with Gasteiger partial charge in [-0.25, -0.2) is 4.98 Å². The van der Waals surface area contributed by atoms with E-state index in [2.05, 4.69) is 9.71 Å². The van der Waals surface area contributed by atoms with Gasteiger partial charge in [0.25, 0.3) is 0 Å². The molecule has 1 N–H and O–H groups in total. The molecule has 0 aliphatic heterocycles. The summed E-state index contributed by atoms with van der Waals surface area (Å²) in [5.41, 5.74) is 0.399. The zero-order chi connectivity index (χ0) is 19.4. The van der Waals surface area contributed by atoms with Gasteiger partial charge >= 0.3 is 6.18 Å². The highest BCUT2D eigenvalue weighted by Gasteiger charge is 2.31. The minimum Gasteiger partial charge on any atom is -0.494 e. The quantitative estimate of drug-likeness (QED) is 0.553. The lowest BCUT2D eigenvalue weighted by Crippen LogP contribution is -2.10. The number of imidazole rings is 1. The molecule has 0 fully saturated rings. The fourth-order valence-electron chi connectivity index (χ4n) is 2.79. The Balaban J connectivity index is 1.72. The second-order valence-corrected chi connectivity index (χ2v) is 6.77. The monoisotopic (exact) mass is 395 g/mol. The fourth-order valence-corrected chi connectivity index (χ4v) is 3.43. The van der Waals surface area contributed by atoms with E-state index in [1.807, 2.05) is 38.1 Å². The largest absolute Gasteiger partial charge is 0.494 e. The molecule has 3 rings (SSSR count). The van der Waals surface area contributed by atoms with Gasteiger partial charge in [0, 0.05) is 11.4 Å². The first kappa shape index (κ1) is 19.6. The van der Waals surface area contributed by atoms with Crippen LogP contribution in [0.25, 0.3) is 11.0 Å². The molecule has 8 heteroatoms. The summed E-state index contributed by atoms with van der Waals surface area (Å²) in [5, 5.41) is 0. The van der Waals surface area contributed by atoms with Gasteiger partial charge in [-0.15, -0.1) is 0 Å². The minimum absolute atomic E-state index is 0.432. The van der Waals surface area contributed by atoms with E-state index in [0.717, 1.165) is 22.8 Å². The lowest BCUT2D eigenvalue weighted by Gasteiger charge is -2.09. The average molecular weight is 395 g/mol. The van der Waals surface area contributed by atoms with Crippen molar-refractivity contribution < 1.29 is 17.9 Å². The van der Waals surface area contributed by atoms with E-state index in [9.17, 15) is 13.2 Å². The van der Waals surface area contributed by atoms with Gasteiger partial charge < -0.3 is 9.30 Å². The number of nitrogens with zero attached hydrogens (tertiary/aromatic N) is 2. The van der Waals surface area contributed by atoms with Crippen LogP contribution in [-0.2, 0) is 19.3 Å². The smallest absolute Gasteiger partial charge is 0.416 e. The van der Waals surface area contributed by atoms with Crippen LogP contribution in [0.4, 0.5) is 13.2 Å². The summed E-state index contributed by atoms with van der Waals surface area (Å²) in [6.07, 6.45) is -4.36. The topological polar surface area (TPSA) is 39.1 Å². The summed E-state index contributed by atoms with van der Waals surface area (Å²) >= 11 is 1.44. The van der Waals surface area contributed by atoms with Gasteiger partial charge in [0.1, 0.15) is 11.6 Å². The second-order valence-electron chi connectivity index (χ2n) is 5.80. The molecule has 0 bridgehead atoms. The van der Waals surface area contributed by atoms with Crippen molar-refractivity contribution in [3.8, 4) is 5.75 Å². The van der Waals surface area contributed by atoms with Gasteiger partial charge in [0.15, 0.2) is 0 Å². The predicted molar refractivity (Wildman–Crippen MR) is 101 cm³/mol. The first-order chi connectivity index (χ1) is 12.9. The van der Waals surface area contributed by atoms with Crippen molar-refractivity contribution in [2.45, 2.75) is 38.0 Å². The maximum Gasteiger partial charge on any atom is 0.416 e. The van der Waals surface area contributed by atoms with Gasteiger partial charge in [0.05, 0.1) is 29.7 Å². The molecule has 0 amide bonds. The third-order valence-corrected chi connectivity index (χ3v) is 4.82. The Hall–Kier alpha value is -2.19. The van der Waals surface area contributed by atoms with Gasteiger partial charge in [-0.3, -0.25) is 4.72 Å². The summed E-state index contributed by atoms with van der Waals surface area (Å²) in [4.78, 5) is 5.49. The van der Waals surface area contributed by atoms with Crippen molar-refractivity contribution in [3.63, 3.8) is 0 Å². The van der Waals surface area contributed by atoms with E-state index < -0.39 is 11.7 Å². The molecule has 0 aliphatic carbocycles. The molecule has 2 aromatic carbocycles. The molecule has 144 valence electrons. The lowest BCUT2D eigenvalue weighted by atomic mass is 10.2. The van der Waals surface area contributed by atoms with Crippen LogP contribution in [0.1, 0.15) is 25.2 Å². The van der Waals surface area contributed by atoms with Crippen molar-refractivity contribution in [2.24, 2.45) is 0 Å². The molecule has 0 spiro atoms. The number of nitrogens with one attached hydrogen (secondary N) is 1. The summed E-state index contributed by atoms with van der Waals surface area (Å²) < 4.78 is 49.3. The Labute approximate surface area is 159 Å². The predicted octanol–water partition coefficient (Wildman–Crippen LogP) is 5.27. The van der Waals surface area contributed by atoms with Crippen LogP contribution in [0.15, 0.2) is 47.4 Å². The van der Waals surface area contributed by atoms with Gasteiger partial charge in [-0.05, 0) is 68.3 Å². The molecule has 4 nitrogen and oxygen atoms in total. The summed E-state index contributed by atoms with van der Waals surface area (Å²) in [7, 11) is 0. The Morgan fingerprint density at radius 1 is 1.11 bits per heavy atom. The molecule has 27 heavy (non-hydrogen) atoms. The fraction of sp³-hybridized carbons (Fsp3) is 0.316. The molecule has 0 saturated carbocycles. The van der Waals surface area contributed by atoms with E-state index >= 15 is 0 Å². The van der Waals surface area contributed by atoms with E-state index in [1.165, 1.54) is 18.0 Å². The van der Waals surface area contributed by atoms with Crippen molar-refractivity contribution in [2.75, 3.05) is 6.61 Å². The number of benzene rings is 2. The van der Waals surface area contributed by atoms with Crippen molar-refractivity contribution in [1.29, 1.82) is 0 Å². The molecular formula is C19H20F3N3OS. The SMILES string of the molecule is CCOc1ccc(SNCc2nc3ccc(C(F)(F)F)cc3n2CC)cc1. The number of fused-ring (bicyclic) bond motifs is 1. The number of aryl methyl sites for hydroxylation is 1. The minimum atomic E-state index is -4.36. The van der Waals surface area contributed by atoms with E-state index in [-0.39, 0.29) is 0 Å². The third-order valence-electron chi connectivity index (χ3n) is 4.03. The number of hydrogen-bond donors (Lipinski definition) is 1. The number of halogens is 3. The van der Waals surface area contributed by atoms with Crippen LogP contribution in [-0.4, -0.2) is 16.2 Å². The van der Waals surface area contributed by atoms with Crippen molar-refractivity contribution >= 4 is 23.0 Å². The highest BCUT2D eigenvalue weighted by atomic mass is 32.2. The molecule has 1 heterocycles. The second kappa shape index (κ2) is 8.22. The van der Waals surface area contributed by atoms with Gasteiger partial charge in [-0.1, -0.05) is 0 Å². The maximum atomic E-state index is 13.0. The Bertz CT molecular complexity index is 907. The zero-order valence-corrected chi connectivity index (χ0v) is 15.8. The van der Waals surface area contributed by atoms with Crippen molar-refractivity contribution in [3.05, 3.63) is 53.9 Å². The molecule has 0 unspecified atom stereocenters. The van der Waals surface area contributed by atoms with Crippen LogP contribution in [0, 0.1) is 0 Å². The Morgan fingerprint density at radius 3 is 2.48 bits per heavy atom. The molecule has 0 atom stereocenters. The van der Waals surface area contributed by atoms with E-state index in [1.54, 1.807) is 4.57 Å². The highest BCUT2D eigenvalue weighted by molar-refractivity contribution is 7.97. The molecule has 0 saturated heterocycles. The highest BCUT2D eigenvalue weighted by Crippen LogP contribution is 2.31. The van der Waals surface area contributed by atoms with E-state index in [4.69, 9.17) is 4.74 Å². The number of ether oxygens (including phenoxy) is 1. The van der Waals surface area contributed by atoms with E-state index in [0.29, 0.717) is 36.6 Å². The first-order valence-corrected chi connectivity index (χ1v) is 9.43. The molecule has 0 aliphatic rings. The zero-order valence-electron chi connectivity index (χ0n) is 15.0. The van der Waals surface area contributed by atoms with Gasteiger partial charge in [-0.2, -0.15) is 13.2 Å².